The van der Waals surface area contributed by atoms with Crippen molar-refractivity contribution in [2.24, 2.45) is 0 Å². The number of aromatic nitrogens is 2. The third-order valence-corrected chi connectivity index (χ3v) is 8.21. The molecule has 7 nitrogen and oxygen atoms in total. The Labute approximate surface area is 202 Å². The van der Waals surface area contributed by atoms with Crippen LogP contribution in [0.2, 0.25) is 0 Å². The molecular formula is C26H34N4O3S. The second-order valence-corrected chi connectivity index (χ2v) is 11.2. The largest absolute Gasteiger partial charge is 0.328 e. The average molecular weight is 483 g/mol. The van der Waals surface area contributed by atoms with E-state index in [1.807, 2.05) is 32.0 Å². The number of amides is 1. The zero-order chi connectivity index (χ0) is 24.3. The average Bonchev–Trinajstić information content (AvgIpc) is 3.44. The van der Waals surface area contributed by atoms with Gasteiger partial charge in [0.25, 0.3) is 0 Å². The maximum atomic E-state index is 13.0. The summed E-state index contributed by atoms with van der Waals surface area (Å²) in [5.41, 5.74) is 4.60. The Kier molecular flexibility index (Phi) is 7.38. The lowest BCUT2D eigenvalue weighted by Gasteiger charge is -2.15. The maximum absolute atomic E-state index is 13.0. The summed E-state index contributed by atoms with van der Waals surface area (Å²) in [5, 5.41) is 2.99. The molecule has 3 aromatic rings. The van der Waals surface area contributed by atoms with Gasteiger partial charge in [-0.15, -0.1) is 0 Å². The molecule has 0 spiro atoms. The zero-order valence-electron chi connectivity index (χ0n) is 20.3. The lowest BCUT2D eigenvalue weighted by Crippen LogP contribution is -2.27. The summed E-state index contributed by atoms with van der Waals surface area (Å²) in [4.78, 5) is 17.7. The molecule has 0 aliphatic carbocycles. The molecule has 2 heterocycles. The predicted octanol–water partition coefficient (Wildman–Crippen LogP) is 4.81. The lowest BCUT2D eigenvalue weighted by atomic mass is 10.1. The van der Waals surface area contributed by atoms with E-state index in [0.717, 1.165) is 60.4 Å². The smallest absolute Gasteiger partial charge is 0.243 e. The molecule has 0 radical (unpaired) electrons. The van der Waals surface area contributed by atoms with Crippen molar-refractivity contribution in [3.63, 3.8) is 0 Å². The minimum Gasteiger partial charge on any atom is -0.328 e. The van der Waals surface area contributed by atoms with Gasteiger partial charge in [-0.1, -0.05) is 19.4 Å². The summed E-state index contributed by atoms with van der Waals surface area (Å²) in [6, 6.07) is 11.2. The molecule has 34 heavy (non-hydrogen) atoms. The van der Waals surface area contributed by atoms with Crippen LogP contribution in [0.4, 0.5) is 5.69 Å². The number of carbonyl (C=O) groups excluding carboxylic acids is 1. The van der Waals surface area contributed by atoms with Crippen molar-refractivity contribution in [1.29, 1.82) is 0 Å². The molecule has 1 amide bonds. The third kappa shape index (κ3) is 5.33. The van der Waals surface area contributed by atoms with Crippen LogP contribution in [0, 0.1) is 13.8 Å². The van der Waals surface area contributed by atoms with Gasteiger partial charge in [-0.3, -0.25) is 4.79 Å². The Morgan fingerprint density at radius 2 is 1.76 bits per heavy atom. The van der Waals surface area contributed by atoms with Crippen LogP contribution < -0.4 is 5.32 Å². The molecule has 182 valence electrons. The van der Waals surface area contributed by atoms with Crippen molar-refractivity contribution < 1.29 is 13.2 Å². The number of nitrogens with one attached hydrogen (secondary N) is 1. The van der Waals surface area contributed by atoms with E-state index >= 15 is 0 Å². The summed E-state index contributed by atoms with van der Waals surface area (Å²) in [7, 11) is -3.50. The van der Waals surface area contributed by atoms with Crippen LogP contribution in [-0.2, 0) is 27.8 Å². The molecule has 1 saturated heterocycles. The second-order valence-electron chi connectivity index (χ2n) is 9.22. The molecule has 1 N–H and O–H groups in total. The molecule has 0 atom stereocenters. The van der Waals surface area contributed by atoms with Gasteiger partial charge in [0.05, 0.1) is 15.9 Å². The van der Waals surface area contributed by atoms with Gasteiger partial charge in [0, 0.05) is 38.2 Å². The fraction of sp³-hybridized carbons (Fsp3) is 0.462. The summed E-state index contributed by atoms with van der Waals surface area (Å²) < 4.78 is 29.7. The normalized spacial score (nSPS) is 14.7. The summed E-state index contributed by atoms with van der Waals surface area (Å²) in [6.45, 7) is 8.10. The number of hydrogen-bond acceptors (Lipinski definition) is 4. The fourth-order valence-corrected chi connectivity index (χ4v) is 6.19. The van der Waals surface area contributed by atoms with Gasteiger partial charge in [0.2, 0.25) is 15.9 Å². The Morgan fingerprint density at radius 3 is 2.44 bits per heavy atom. The molecule has 0 bridgehead atoms. The number of aryl methyl sites for hydroxylation is 4. The standard InChI is InChI=1S/C26H34N4O3S/c1-4-5-14-30-24-9-8-22(34(32,33)29-12-6-7-13-29)18-23(24)28-25(30)10-11-26(31)27-21-16-19(2)15-20(3)17-21/h8-9,15-18H,4-7,10-14H2,1-3H3,(H,27,31). The van der Waals surface area contributed by atoms with E-state index in [-0.39, 0.29) is 5.91 Å². The Bertz CT molecular complexity index is 1270. The molecule has 1 fully saturated rings. The number of hydrogen-bond donors (Lipinski definition) is 1. The summed E-state index contributed by atoms with van der Waals surface area (Å²) in [5.74, 6) is 0.756. The summed E-state index contributed by atoms with van der Waals surface area (Å²) in [6.07, 6.45) is 4.63. The Hall–Kier alpha value is -2.71. The number of unbranched alkanes of at least 4 members (excludes halogenated alkanes) is 1. The van der Waals surface area contributed by atoms with Gasteiger partial charge in [0.15, 0.2) is 0 Å². The third-order valence-electron chi connectivity index (χ3n) is 6.32. The first-order valence-corrected chi connectivity index (χ1v) is 13.6. The van der Waals surface area contributed by atoms with E-state index in [0.29, 0.717) is 36.3 Å². The van der Waals surface area contributed by atoms with E-state index in [1.54, 1.807) is 16.4 Å². The van der Waals surface area contributed by atoms with Crippen molar-refractivity contribution in [3.05, 3.63) is 53.3 Å². The molecule has 1 aliphatic rings. The van der Waals surface area contributed by atoms with Crippen molar-refractivity contribution in [1.82, 2.24) is 13.9 Å². The number of benzene rings is 2. The van der Waals surface area contributed by atoms with E-state index in [1.165, 1.54) is 0 Å². The number of anilines is 1. The van der Waals surface area contributed by atoms with Crippen molar-refractivity contribution in [3.8, 4) is 0 Å². The number of imidazole rings is 1. The number of rotatable bonds is 9. The zero-order valence-corrected chi connectivity index (χ0v) is 21.1. The minimum atomic E-state index is -3.50. The molecule has 4 rings (SSSR count). The Balaban J connectivity index is 1.56. The minimum absolute atomic E-state index is 0.0589. The van der Waals surface area contributed by atoms with Crippen LogP contribution >= 0.6 is 0 Å². The second kappa shape index (κ2) is 10.3. The number of fused-ring (bicyclic) bond motifs is 1. The molecule has 2 aromatic carbocycles. The van der Waals surface area contributed by atoms with Gasteiger partial charge < -0.3 is 9.88 Å². The van der Waals surface area contributed by atoms with Gasteiger partial charge >= 0.3 is 0 Å². The lowest BCUT2D eigenvalue weighted by molar-refractivity contribution is -0.116. The first kappa shape index (κ1) is 24.4. The number of nitrogens with zero attached hydrogens (tertiary/aromatic N) is 3. The van der Waals surface area contributed by atoms with E-state index < -0.39 is 10.0 Å². The van der Waals surface area contributed by atoms with Crippen molar-refractivity contribution in [2.45, 2.75) is 70.7 Å². The van der Waals surface area contributed by atoms with E-state index in [2.05, 4.69) is 22.9 Å². The predicted molar refractivity (Wildman–Crippen MR) is 136 cm³/mol. The number of sulfonamides is 1. The monoisotopic (exact) mass is 482 g/mol. The highest BCUT2D eigenvalue weighted by molar-refractivity contribution is 7.89. The molecular weight excluding hydrogens is 448 g/mol. The van der Waals surface area contributed by atoms with Crippen LogP contribution in [0.15, 0.2) is 41.3 Å². The van der Waals surface area contributed by atoms with Crippen LogP contribution in [0.5, 0.6) is 0 Å². The van der Waals surface area contributed by atoms with Gasteiger partial charge in [-0.05, 0) is 74.6 Å². The maximum Gasteiger partial charge on any atom is 0.243 e. The molecule has 1 aromatic heterocycles. The quantitative estimate of drug-likeness (QED) is 0.474. The first-order chi connectivity index (χ1) is 16.3. The van der Waals surface area contributed by atoms with Crippen LogP contribution in [0.3, 0.4) is 0 Å². The van der Waals surface area contributed by atoms with Gasteiger partial charge in [-0.25, -0.2) is 13.4 Å². The molecule has 0 saturated carbocycles. The number of carbonyl (C=O) groups is 1. The van der Waals surface area contributed by atoms with Gasteiger partial charge in [-0.2, -0.15) is 4.31 Å². The van der Waals surface area contributed by atoms with E-state index in [4.69, 9.17) is 4.98 Å². The van der Waals surface area contributed by atoms with Gasteiger partial charge in [0.1, 0.15) is 5.82 Å². The molecule has 8 heteroatoms. The molecule has 1 aliphatic heterocycles. The topological polar surface area (TPSA) is 84.3 Å². The fourth-order valence-electron chi connectivity index (χ4n) is 4.65. The van der Waals surface area contributed by atoms with Crippen molar-refractivity contribution >= 4 is 32.7 Å². The highest BCUT2D eigenvalue weighted by Gasteiger charge is 2.28. The van der Waals surface area contributed by atoms with Crippen molar-refractivity contribution in [2.75, 3.05) is 18.4 Å². The SMILES string of the molecule is CCCCn1c(CCC(=O)Nc2cc(C)cc(C)c2)nc2cc(S(=O)(=O)N3CCCC3)ccc21. The van der Waals surface area contributed by atoms with Crippen LogP contribution in [0.1, 0.15) is 56.0 Å². The highest BCUT2D eigenvalue weighted by Crippen LogP contribution is 2.26. The summed E-state index contributed by atoms with van der Waals surface area (Å²) >= 11 is 0. The van der Waals surface area contributed by atoms with Crippen LogP contribution in [0.25, 0.3) is 11.0 Å². The van der Waals surface area contributed by atoms with Crippen LogP contribution in [-0.4, -0.2) is 41.3 Å². The Morgan fingerprint density at radius 1 is 1.06 bits per heavy atom. The van der Waals surface area contributed by atoms with E-state index in [9.17, 15) is 13.2 Å². The molecule has 0 unspecified atom stereocenters. The highest BCUT2D eigenvalue weighted by atomic mass is 32.2. The first-order valence-electron chi connectivity index (χ1n) is 12.2.